The van der Waals surface area contributed by atoms with E-state index in [1.807, 2.05) is 6.07 Å². The largest absolute Gasteiger partial charge is 0.397 e. The quantitative estimate of drug-likeness (QED) is 0.651. The van der Waals surface area contributed by atoms with E-state index in [0.717, 1.165) is 11.8 Å². The fourth-order valence-corrected chi connectivity index (χ4v) is 2.11. The number of aryl methyl sites for hydroxylation is 1. The minimum atomic E-state index is -3.53. The molecule has 1 atom stereocenters. The van der Waals surface area contributed by atoms with E-state index in [9.17, 15) is 8.42 Å². The van der Waals surface area contributed by atoms with Crippen molar-refractivity contribution in [3.05, 3.63) is 28.8 Å². The van der Waals surface area contributed by atoms with E-state index in [2.05, 4.69) is 0 Å². The number of hydrogen-bond acceptors (Lipinski definition) is 5. The van der Waals surface area contributed by atoms with Crippen molar-refractivity contribution in [1.29, 1.82) is 5.26 Å². The average molecular weight is 254 g/mol. The molecule has 1 aromatic carbocycles. The third kappa shape index (κ3) is 3.44. The first kappa shape index (κ1) is 13.5. The number of anilines is 1. The summed E-state index contributed by atoms with van der Waals surface area (Å²) >= 11 is 0. The molecule has 1 rings (SSSR count). The van der Waals surface area contributed by atoms with E-state index in [1.165, 1.54) is 6.07 Å². The summed E-state index contributed by atoms with van der Waals surface area (Å²) in [4.78, 5) is 0. The highest BCUT2D eigenvalue weighted by Crippen LogP contribution is 2.25. The van der Waals surface area contributed by atoms with Crippen LogP contribution in [-0.2, 0) is 14.3 Å². The summed E-state index contributed by atoms with van der Waals surface area (Å²) < 4.78 is 26.9. The van der Waals surface area contributed by atoms with Crippen LogP contribution in [0, 0.1) is 18.3 Å². The standard InChI is InChI=1S/C11H14N2O3S/c1-7-4-9(5-10(6-12)11(7)13)8(2)16-17(3,14)15/h4-5,8H,13H2,1-3H3. The number of nitriles is 1. The molecule has 0 heterocycles. The Morgan fingerprint density at radius 2 is 2.06 bits per heavy atom. The van der Waals surface area contributed by atoms with Crippen molar-refractivity contribution in [3.8, 4) is 6.07 Å². The van der Waals surface area contributed by atoms with Crippen LogP contribution >= 0.6 is 0 Å². The maximum atomic E-state index is 11.0. The molecule has 5 nitrogen and oxygen atoms in total. The lowest BCUT2D eigenvalue weighted by atomic mass is 10.0. The summed E-state index contributed by atoms with van der Waals surface area (Å²) in [5.74, 6) is 0. The number of hydrogen-bond donors (Lipinski definition) is 1. The summed E-state index contributed by atoms with van der Waals surface area (Å²) in [6, 6.07) is 5.22. The Balaban J connectivity index is 3.17. The van der Waals surface area contributed by atoms with E-state index in [1.54, 1.807) is 19.9 Å². The van der Waals surface area contributed by atoms with Gasteiger partial charge in [-0.1, -0.05) is 6.07 Å². The number of nitrogens with zero attached hydrogens (tertiary/aromatic N) is 1. The van der Waals surface area contributed by atoms with Gasteiger partial charge in [0.25, 0.3) is 10.1 Å². The van der Waals surface area contributed by atoms with Crippen LogP contribution in [0.3, 0.4) is 0 Å². The predicted octanol–water partition coefficient (Wildman–Crippen LogP) is 1.49. The first-order valence-electron chi connectivity index (χ1n) is 4.93. The van der Waals surface area contributed by atoms with Gasteiger partial charge in [0.2, 0.25) is 0 Å². The summed E-state index contributed by atoms with van der Waals surface area (Å²) in [6.07, 6.45) is 0.343. The molecule has 6 heteroatoms. The van der Waals surface area contributed by atoms with E-state index in [0.29, 0.717) is 16.8 Å². The van der Waals surface area contributed by atoms with Crippen LogP contribution in [0.4, 0.5) is 5.69 Å². The molecule has 0 bridgehead atoms. The number of benzene rings is 1. The molecule has 1 aromatic rings. The maximum Gasteiger partial charge on any atom is 0.264 e. The smallest absolute Gasteiger partial charge is 0.264 e. The van der Waals surface area contributed by atoms with E-state index in [-0.39, 0.29) is 0 Å². The van der Waals surface area contributed by atoms with E-state index < -0.39 is 16.2 Å². The zero-order valence-electron chi connectivity index (χ0n) is 9.89. The first-order valence-corrected chi connectivity index (χ1v) is 6.74. The van der Waals surface area contributed by atoms with Gasteiger partial charge >= 0.3 is 0 Å². The molecule has 0 saturated heterocycles. The Morgan fingerprint density at radius 1 is 1.47 bits per heavy atom. The second-order valence-electron chi connectivity index (χ2n) is 3.85. The fourth-order valence-electron chi connectivity index (χ4n) is 1.47. The zero-order valence-corrected chi connectivity index (χ0v) is 10.7. The van der Waals surface area contributed by atoms with Gasteiger partial charge in [-0.15, -0.1) is 0 Å². The SMILES string of the molecule is Cc1cc(C(C)OS(C)(=O)=O)cc(C#N)c1N. The molecule has 0 aromatic heterocycles. The van der Waals surface area contributed by atoms with Crippen LogP contribution in [0.15, 0.2) is 12.1 Å². The van der Waals surface area contributed by atoms with E-state index in [4.69, 9.17) is 15.2 Å². The van der Waals surface area contributed by atoms with Crippen LogP contribution in [0.25, 0.3) is 0 Å². The summed E-state index contributed by atoms with van der Waals surface area (Å²) in [5.41, 5.74) is 7.77. The summed E-state index contributed by atoms with van der Waals surface area (Å²) in [6.45, 7) is 3.36. The van der Waals surface area contributed by atoms with E-state index >= 15 is 0 Å². The van der Waals surface area contributed by atoms with Gasteiger partial charge in [0.05, 0.1) is 23.6 Å². The highest BCUT2D eigenvalue weighted by molar-refractivity contribution is 7.86. The summed E-state index contributed by atoms with van der Waals surface area (Å²) in [5, 5.41) is 8.89. The lowest BCUT2D eigenvalue weighted by Crippen LogP contribution is -2.08. The molecule has 0 fully saturated rings. The predicted molar refractivity (Wildman–Crippen MR) is 64.7 cm³/mol. The molecular weight excluding hydrogens is 240 g/mol. The topological polar surface area (TPSA) is 93.2 Å². The Bertz CT molecular complexity index is 573. The molecule has 0 radical (unpaired) electrons. The first-order chi connectivity index (χ1) is 7.74. The van der Waals surface area contributed by atoms with Crippen molar-refractivity contribution >= 4 is 15.8 Å². The fraction of sp³-hybridized carbons (Fsp3) is 0.364. The van der Waals surface area contributed by atoms with Gasteiger partial charge < -0.3 is 5.73 Å². The average Bonchev–Trinajstić information content (AvgIpc) is 2.19. The van der Waals surface area contributed by atoms with Crippen LogP contribution in [0.1, 0.15) is 29.7 Å². The minimum Gasteiger partial charge on any atom is -0.397 e. The normalized spacial score (nSPS) is 13.1. The lowest BCUT2D eigenvalue weighted by Gasteiger charge is -2.13. The highest BCUT2D eigenvalue weighted by atomic mass is 32.2. The van der Waals surface area contributed by atoms with Gasteiger partial charge in [0.15, 0.2) is 0 Å². The highest BCUT2D eigenvalue weighted by Gasteiger charge is 2.15. The number of rotatable bonds is 3. The molecular formula is C11H14N2O3S. The minimum absolute atomic E-state index is 0.323. The molecule has 0 aliphatic carbocycles. The Hall–Kier alpha value is -1.58. The molecule has 0 aliphatic rings. The lowest BCUT2D eigenvalue weighted by molar-refractivity contribution is 0.236. The van der Waals surface area contributed by atoms with Crippen LogP contribution in [0.5, 0.6) is 0 Å². The van der Waals surface area contributed by atoms with Crippen molar-refractivity contribution in [2.45, 2.75) is 20.0 Å². The number of nitrogens with two attached hydrogens (primary N) is 1. The Kier molecular flexibility index (Phi) is 3.76. The Morgan fingerprint density at radius 3 is 2.53 bits per heavy atom. The summed E-state index contributed by atoms with van der Waals surface area (Å²) in [7, 11) is -3.53. The van der Waals surface area contributed by atoms with Crippen molar-refractivity contribution in [1.82, 2.24) is 0 Å². The molecule has 1 unspecified atom stereocenters. The van der Waals surface area contributed by atoms with Crippen LogP contribution < -0.4 is 5.73 Å². The van der Waals surface area contributed by atoms with Crippen molar-refractivity contribution in [2.75, 3.05) is 12.0 Å². The zero-order chi connectivity index (χ0) is 13.2. The third-order valence-electron chi connectivity index (χ3n) is 2.32. The molecule has 2 N–H and O–H groups in total. The molecule has 17 heavy (non-hydrogen) atoms. The van der Waals surface area contributed by atoms with Crippen LogP contribution in [-0.4, -0.2) is 14.7 Å². The van der Waals surface area contributed by atoms with Gasteiger partial charge in [-0.2, -0.15) is 13.7 Å². The van der Waals surface area contributed by atoms with Gasteiger partial charge in [0, 0.05) is 0 Å². The van der Waals surface area contributed by atoms with Gasteiger partial charge in [-0.05, 0) is 31.0 Å². The van der Waals surface area contributed by atoms with Crippen molar-refractivity contribution < 1.29 is 12.6 Å². The van der Waals surface area contributed by atoms with Crippen molar-refractivity contribution in [2.24, 2.45) is 0 Å². The number of nitrogen functional groups attached to an aromatic ring is 1. The molecule has 92 valence electrons. The Labute approximate surface area is 101 Å². The molecule has 0 saturated carbocycles. The molecule has 0 aliphatic heterocycles. The molecule has 0 amide bonds. The van der Waals surface area contributed by atoms with Gasteiger partial charge in [0.1, 0.15) is 6.07 Å². The van der Waals surface area contributed by atoms with Gasteiger partial charge in [-0.25, -0.2) is 0 Å². The van der Waals surface area contributed by atoms with Crippen molar-refractivity contribution in [3.63, 3.8) is 0 Å². The molecule has 0 spiro atoms. The maximum absolute atomic E-state index is 11.0. The second-order valence-corrected chi connectivity index (χ2v) is 5.45. The second kappa shape index (κ2) is 4.73. The van der Waals surface area contributed by atoms with Gasteiger partial charge in [-0.3, -0.25) is 4.18 Å². The van der Waals surface area contributed by atoms with Crippen LogP contribution in [0.2, 0.25) is 0 Å². The third-order valence-corrected chi connectivity index (χ3v) is 2.96. The monoisotopic (exact) mass is 254 g/mol.